The van der Waals surface area contributed by atoms with Crippen LogP contribution in [-0.4, -0.2) is 35.9 Å². The molecule has 2 aromatic rings. The highest BCUT2D eigenvalue weighted by Crippen LogP contribution is 2.35. The Labute approximate surface area is 114 Å². The molecule has 0 amide bonds. The van der Waals surface area contributed by atoms with Gasteiger partial charge >= 0.3 is 11.9 Å². The van der Waals surface area contributed by atoms with Crippen molar-refractivity contribution in [3.63, 3.8) is 0 Å². The number of methoxy groups -OCH3 is 1. The van der Waals surface area contributed by atoms with Crippen molar-refractivity contribution in [1.29, 1.82) is 0 Å². The van der Waals surface area contributed by atoms with E-state index >= 15 is 0 Å². The van der Waals surface area contributed by atoms with Gasteiger partial charge in [0.2, 0.25) is 0 Å². The summed E-state index contributed by atoms with van der Waals surface area (Å²) in [5, 5.41) is 19.9. The molecule has 20 heavy (non-hydrogen) atoms. The summed E-state index contributed by atoms with van der Waals surface area (Å²) in [6.45, 7) is -0.343. The number of carboxylic acid groups (broad SMARTS) is 1. The van der Waals surface area contributed by atoms with Crippen LogP contribution in [0.1, 0.15) is 10.4 Å². The summed E-state index contributed by atoms with van der Waals surface area (Å²) >= 11 is 0. The highest BCUT2D eigenvalue weighted by atomic mass is 16.6. The van der Waals surface area contributed by atoms with Gasteiger partial charge in [0, 0.05) is 10.8 Å². The van der Waals surface area contributed by atoms with E-state index in [1.54, 1.807) is 24.3 Å². The van der Waals surface area contributed by atoms with Crippen LogP contribution in [-0.2, 0) is 9.53 Å². The van der Waals surface area contributed by atoms with Crippen molar-refractivity contribution in [2.24, 2.45) is 0 Å². The van der Waals surface area contributed by atoms with Crippen molar-refractivity contribution in [1.82, 2.24) is 0 Å². The predicted molar refractivity (Wildman–Crippen MR) is 70.1 cm³/mol. The first kappa shape index (κ1) is 13.7. The van der Waals surface area contributed by atoms with Gasteiger partial charge < -0.3 is 19.7 Å². The van der Waals surface area contributed by atoms with Crippen molar-refractivity contribution >= 4 is 22.7 Å². The normalized spacial score (nSPS) is 10.2. The van der Waals surface area contributed by atoms with Crippen LogP contribution < -0.4 is 4.74 Å². The molecule has 0 spiro atoms. The average molecular weight is 276 g/mol. The second-order valence-electron chi connectivity index (χ2n) is 3.99. The fourth-order valence-corrected chi connectivity index (χ4v) is 1.80. The van der Waals surface area contributed by atoms with Gasteiger partial charge in [-0.1, -0.05) is 24.3 Å². The quantitative estimate of drug-likeness (QED) is 0.827. The van der Waals surface area contributed by atoms with E-state index in [2.05, 4.69) is 4.74 Å². The summed E-state index contributed by atoms with van der Waals surface area (Å²) in [7, 11) is 1.23. The molecule has 0 bridgehead atoms. The van der Waals surface area contributed by atoms with Crippen LogP contribution in [0.3, 0.4) is 0 Å². The van der Waals surface area contributed by atoms with Gasteiger partial charge in [0.1, 0.15) is 17.1 Å². The lowest BCUT2D eigenvalue weighted by molar-refractivity contribution is -0.142. The molecule has 0 fully saturated rings. The minimum Gasteiger partial charge on any atom is -0.506 e. The smallest absolute Gasteiger partial charge is 0.343 e. The van der Waals surface area contributed by atoms with Crippen molar-refractivity contribution in [3.05, 3.63) is 35.9 Å². The van der Waals surface area contributed by atoms with Crippen molar-refractivity contribution in [3.8, 4) is 11.5 Å². The number of benzene rings is 2. The monoisotopic (exact) mass is 276 g/mol. The first-order valence-electron chi connectivity index (χ1n) is 5.72. The molecule has 0 saturated carbocycles. The zero-order valence-corrected chi connectivity index (χ0v) is 10.6. The van der Waals surface area contributed by atoms with Gasteiger partial charge in [-0.15, -0.1) is 0 Å². The van der Waals surface area contributed by atoms with Crippen LogP contribution in [0.25, 0.3) is 10.8 Å². The molecule has 6 nitrogen and oxygen atoms in total. The summed E-state index contributed by atoms with van der Waals surface area (Å²) in [6.07, 6.45) is 0. The highest BCUT2D eigenvalue weighted by molar-refractivity contribution is 6.03. The fraction of sp³-hybridized carbons (Fsp3) is 0.143. The number of carbonyl (C=O) groups is 2. The molecule has 0 saturated heterocycles. The Kier molecular flexibility index (Phi) is 3.74. The number of aromatic hydroxyl groups is 1. The van der Waals surface area contributed by atoms with E-state index in [-0.39, 0.29) is 23.7 Å². The molecular weight excluding hydrogens is 264 g/mol. The number of carbonyl (C=O) groups excluding carboxylic acids is 1. The number of ether oxygens (including phenoxy) is 2. The van der Waals surface area contributed by atoms with Crippen LogP contribution in [0.5, 0.6) is 11.5 Å². The van der Waals surface area contributed by atoms with Gasteiger partial charge in [0.25, 0.3) is 0 Å². The van der Waals surface area contributed by atoms with E-state index in [1.807, 2.05) is 0 Å². The molecule has 104 valence electrons. The summed E-state index contributed by atoms with van der Waals surface area (Å²) in [5.74, 6) is -2.00. The number of phenols is 1. The SMILES string of the molecule is COC(=O)COc1cc(C(=O)O)c(O)c2ccccc12. The van der Waals surface area contributed by atoms with Gasteiger partial charge in [-0.3, -0.25) is 0 Å². The third kappa shape index (κ3) is 2.49. The summed E-state index contributed by atoms with van der Waals surface area (Å²) in [5.41, 5.74) is -0.288. The van der Waals surface area contributed by atoms with Crippen LogP contribution >= 0.6 is 0 Å². The molecule has 0 atom stereocenters. The highest BCUT2D eigenvalue weighted by Gasteiger charge is 2.17. The third-order valence-corrected chi connectivity index (χ3v) is 2.78. The molecule has 0 unspecified atom stereocenters. The maximum atomic E-state index is 11.1. The Morgan fingerprint density at radius 3 is 2.45 bits per heavy atom. The number of hydrogen-bond acceptors (Lipinski definition) is 5. The van der Waals surface area contributed by atoms with Gasteiger partial charge in [-0.25, -0.2) is 9.59 Å². The Morgan fingerprint density at radius 2 is 1.85 bits per heavy atom. The number of carboxylic acids is 1. The number of fused-ring (bicyclic) bond motifs is 1. The number of rotatable bonds is 4. The Morgan fingerprint density at radius 1 is 1.20 bits per heavy atom. The summed E-state index contributed by atoms with van der Waals surface area (Å²) in [4.78, 5) is 22.2. The van der Waals surface area contributed by atoms with Gasteiger partial charge in [0.05, 0.1) is 7.11 Å². The fourth-order valence-electron chi connectivity index (χ4n) is 1.80. The first-order chi connectivity index (χ1) is 9.54. The Bertz CT molecular complexity index is 677. The lowest BCUT2D eigenvalue weighted by Gasteiger charge is -2.11. The Balaban J connectivity index is 2.54. The van der Waals surface area contributed by atoms with Gasteiger partial charge in [-0.2, -0.15) is 0 Å². The van der Waals surface area contributed by atoms with E-state index in [0.29, 0.717) is 10.8 Å². The van der Waals surface area contributed by atoms with Crippen molar-refractivity contribution in [2.75, 3.05) is 13.7 Å². The minimum atomic E-state index is -1.28. The minimum absolute atomic E-state index is 0.196. The maximum absolute atomic E-state index is 11.1. The molecule has 0 aliphatic heterocycles. The molecule has 2 aromatic carbocycles. The molecule has 6 heteroatoms. The average Bonchev–Trinajstić information content (AvgIpc) is 2.46. The first-order valence-corrected chi connectivity index (χ1v) is 5.72. The van der Waals surface area contributed by atoms with E-state index in [9.17, 15) is 14.7 Å². The van der Waals surface area contributed by atoms with Crippen LogP contribution in [0, 0.1) is 0 Å². The van der Waals surface area contributed by atoms with Crippen LogP contribution in [0.15, 0.2) is 30.3 Å². The zero-order chi connectivity index (χ0) is 14.7. The van der Waals surface area contributed by atoms with Crippen molar-refractivity contribution in [2.45, 2.75) is 0 Å². The molecule has 0 radical (unpaired) electrons. The molecule has 0 aliphatic carbocycles. The van der Waals surface area contributed by atoms with Gasteiger partial charge in [0.15, 0.2) is 6.61 Å². The topological polar surface area (TPSA) is 93.1 Å². The van der Waals surface area contributed by atoms with E-state index < -0.39 is 11.9 Å². The molecule has 2 N–H and O–H groups in total. The van der Waals surface area contributed by atoms with E-state index in [4.69, 9.17) is 9.84 Å². The van der Waals surface area contributed by atoms with Gasteiger partial charge in [-0.05, 0) is 6.07 Å². The lowest BCUT2D eigenvalue weighted by atomic mass is 10.0. The van der Waals surface area contributed by atoms with E-state index in [0.717, 1.165) is 0 Å². The van der Waals surface area contributed by atoms with E-state index in [1.165, 1.54) is 13.2 Å². The van der Waals surface area contributed by atoms with Crippen molar-refractivity contribution < 1.29 is 29.3 Å². The largest absolute Gasteiger partial charge is 0.506 e. The molecule has 2 rings (SSSR count). The number of hydrogen-bond donors (Lipinski definition) is 2. The molecular formula is C14H12O6. The second-order valence-corrected chi connectivity index (χ2v) is 3.99. The predicted octanol–water partition coefficient (Wildman–Crippen LogP) is 1.80. The lowest BCUT2D eigenvalue weighted by Crippen LogP contribution is -2.13. The molecule has 0 heterocycles. The molecule has 0 aliphatic rings. The standard InChI is InChI=1S/C14H12O6/c1-19-12(15)7-20-11-6-10(14(17)18)13(16)9-5-3-2-4-8(9)11/h2-6,16H,7H2,1H3,(H,17,18). The maximum Gasteiger partial charge on any atom is 0.343 e. The van der Waals surface area contributed by atoms with Crippen LogP contribution in [0.2, 0.25) is 0 Å². The molecule has 0 aromatic heterocycles. The summed E-state index contributed by atoms with van der Waals surface area (Å²) < 4.78 is 9.72. The summed E-state index contributed by atoms with van der Waals surface area (Å²) in [6, 6.07) is 7.79. The third-order valence-electron chi connectivity index (χ3n) is 2.78. The Hall–Kier alpha value is -2.76. The second kappa shape index (κ2) is 5.48. The number of esters is 1. The van der Waals surface area contributed by atoms with Crippen LogP contribution in [0.4, 0.5) is 0 Å². The number of aromatic carboxylic acids is 1. The zero-order valence-electron chi connectivity index (χ0n) is 10.6.